The van der Waals surface area contributed by atoms with E-state index in [1.165, 1.54) is 22.3 Å². The average Bonchev–Trinajstić information content (AvgIpc) is 3.47. The molecule has 3 aromatic carbocycles. The minimum Gasteiger partial charge on any atom is -0.507 e. The molecule has 9 heteroatoms. The van der Waals surface area contributed by atoms with Gasteiger partial charge in [-0.15, -0.1) is 0 Å². The van der Waals surface area contributed by atoms with E-state index in [-0.39, 0.29) is 22.8 Å². The summed E-state index contributed by atoms with van der Waals surface area (Å²) in [6.07, 6.45) is 0.811. The Hall–Kier alpha value is -4.37. The second-order valence-corrected chi connectivity index (χ2v) is 10.6. The summed E-state index contributed by atoms with van der Waals surface area (Å²) in [6.45, 7) is 8.52. The summed E-state index contributed by atoms with van der Waals surface area (Å²) in [7, 11) is 0. The van der Waals surface area contributed by atoms with Crippen LogP contribution >= 0.6 is 11.3 Å². The molecule has 8 nitrogen and oxygen atoms in total. The first-order valence-electron chi connectivity index (χ1n) is 13.1. The Labute approximate surface area is 236 Å². The number of aryl methyl sites for hydroxylation is 2. The number of aliphatic hydroxyl groups excluding tert-OH is 1. The van der Waals surface area contributed by atoms with Crippen LogP contribution in [0.3, 0.4) is 0 Å². The zero-order valence-electron chi connectivity index (χ0n) is 22.7. The lowest BCUT2D eigenvalue weighted by Gasteiger charge is -2.23. The number of thiazole rings is 1. The van der Waals surface area contributed by atoms with Gasteiger partial charge in [0.25, 0.3) is 5.78 Å². The van der Waals surface area contributed by atoms with Crippen LogP contribution in [0.2, 0.25) is 0 Å². The van der Waals surface area contributed by atoms with Crippen LogP contribution in [0.15, 0.2) is 60.2 Å². The van der Waals surface area contributed by atoms with E-state index in [1.807, 2.05) is 32.9 Å². The number of fused-ring (bicyclic) bond motifs is 1. The number of amides is 1. The molecular formula is C31H30N2O6S. The number of aliphatic hydroxyl groups is 1. The molecule has 0 bridgehead atoms. The average molecular weight is 559 g/mol. The third kappa shape index (κ3) is 4.88. The predicted molar refractivity (Wildman–Crippen MR) is 155 cm³/mol. The molecule has 1 atom stereocenters. The van der Waals surface area contributed by atoms with Gasteiger partial charge in [0.15, 0.2) is 16.6 Å². The van der Waals surface area contributed by atoms with Crippen LogP contribution in [0.4, 0.5) is 5.13 Å². The zero-order chi connectivity index (χ0) is 28.6. The highest BCUT2D eigenvalue weighted by molar-refractivity contribution is 7.22. The van der Waals surface area contributed by atoms with Crippen LogP contribution in [-0.2, 0) is 9.59 Å². The van der Waals surface area contributed by atoms with Gasteiger partial charge in [-0.3, -0.25) is 14.5 Å². The van der Waals surface area contributed by atoms with Crippen molar-refractivity contribution in [3.63, 3.8) is 0 Å². The molecule has 4 aromatic rings. The first-order valence-corrected chi connectivity index (χ1v) is 13.9. The van der Waals surface area contributed by atoms with Crippen LogP contribution in [0, 0.1) is 13.8 Å². The molecule has 1 aliphatic rings. The maximum absolute atomic E-state index is 13.6. The third-order valence-electron chi connectivity index (χ3n) is 6.65. The zero-order valence-corrected chi connectivity index (χ0v) is 23.5. The van der Waals surface area contributed by atoms with Crippen molar-refractivity contribution in [2.75, 3.05) is 18.1 Å². The molecule has 1 aromatic heterocycles. The van der Waals surface area contributed by atoms with Crippen molar-refractivity contribution in [2.45, 2.75) is 40.2 Å². The fourth-order valence-corrected chi connectivity index (χ4v) is 6.06. The molecular weight excluding hydrogens is 528 g/mol. The number of phenols is 1. The number of rotatable bonds is 8. The van der Waals surface area contributed by atoms with Gasteiger partial charge in [-0.25, -0.2) is 4.98 Å². The van der Waals surface area contributed by atoms with Crippen molar-refractivity contribution >= 4 is 44.1 Å². The number of ether oxygens (including phenoxy) is 2. The Morgan fingerprint density at radius 3 is 2.60 bits per heavy atom. The third-order valence-corrected chi connectivity index (χ3v) is 7.65. The monoisotopic (exact) mass is 558 g/mol. The predicted octanol–water partition coefficient (Wildman–Crippen LogP) is 6.43. The van der Waals surface area contributed by atoms with Gasteiger partial charge in [0, 0.05) is 5.56 Å². The van der Waals surface area contributed by atoms with E-state index < -0.39 is 17.7 Å². The van der Waals surface area contributed by atoms with Crippen LogP contribution in [0.5, 0.6) is 17.2 Å². The largest absolute Gasteiger partial charge is 0.507 e. The number of anilines is 1. The van der Waals surface area contributed by atoms with Crippen LogP contribution in [0.1, 0.15) is 48.6 Å². The molecule has 5 rings (SSSR count). The van der Waals surface area contributed by atoms with Crippen LogP contribution < -0.4 is 14.4 Å². The Bertz CT molecular complexity index is 1660. The van der Waals surface area contributed by atoms with Gasteiger partial charge in [-0.05, 0) is 74.2 Å². The Morgan fingerprint density at radius 1 is 1.05 bits per heavy atom. The van der Waals surface area contributed by atoms with Gasteiger partial charge < -0.3 is 19.7 Å². The molecule has 1 unspecified atom stereocenters. The Morgan fingerprint density at radius 2 is 1.85 bits per heavy atom. The summed E-state index contributed by atoms with van der Waals surface area (Å²) >= 11 is 1.30. The number of benzene rings is 3. The van der Waals surface area contributed by atoms with Gasteiger partial charge in [0.05, 0.1) is 35.0 Å². The van der Waals surface area contributed by atoms with E-state index in [1.54, 1.807) is 43.3 Å². The molecule has 1 saturated heterocycles. The van der Waals surface area contributed by atoms with E-state index in [0.29, 0.717) is 35.2 Å². The maximum Gasteiger partial charge on any atom is 0.301 e. The maximum atomic E-state index is 13.6. The van der Waals surface area contributed by atoms with Crippen LogP contribution in [-0.4, -0.2) is 40.1 Å². The summed E-state index contributed by atoms with van der Waals surface area (Å²) in [6, 6.07) is 14.4. The van der Waals surface area contributed by atoms with Gasteiger partial charge in [-0.1, -0.05) is 42.5 Å². The number of Topliss-reactive ketones (excluding diaryl/α,β-unsaturated/α-hetero) is 1. The number of hydrogen-bond acceptors (Lipinski definition) is 8. The van der Waals surface area contributed by atoms with Crippen LogP contribution in [0.25, 0.3) is 16.0 Å². The standard InChI is InChI=1S/C31H30N2O6S/c1-5-12-39-21-9-7-8-20(15-21)28(35)25-27(19-10-11-22(34)23(16-19)38-6-2)33(30(37)29(25)36)31-32-26-18(4)13-17(3)14-24(26)40-31/h7-11,13-16,27,34-35H,5-6,12H2,1-4H3. The lowest BCUT2D eigenvalue weighted by Crippen LogP contribution is -2.29. The molecule has 40 heavy (non-hydrogen) atoms. The van der Waals surface area contributed by atoms with E-state index in [4.69, 9.17) is 14.5 Å². The highest BCUT2D eigenvalue weighted by atomic mass is 32.1. The number of aromatic nitrogens is 1. The minimum atomic E-state index is -1.01. The highest BCUT2D eigenvalue weighted by Crippen LogP contribution is 2.46. The molecule has 206 valence electrons. The molecule has 0 aliphatic carbocycles. The van der Waals surface area contributed by atoms with Crippen molar-refractivity contribution in [1.82, 2.24) is 4.98 Å². The molecule has 0 saturated carbocycles. The Kier molecular flexibility index (Phi) is 7.49. The summed E-state index contributed by atoms with van der Waals surface area (Å²) in [4.78, 5) is 33.3. The van der Waals surface area contributed by atoms with E-state index in [0.717, 1.165) is 27.8 Å². The number of phenolic OH excluding ortho intramolecular Hbond substituents is 1. The van der Waals surface area contributed by atoms with E-state index in [2.05, 4.69) is 0 Å². The number of carbonyl (C=O) groups excluding carboxylic acids is 2. The number of ketones is 1. The molecule has 2 N–H and O–H groups in total. The van der Waals surface area contributed by atoms with E-state index in [9.17, 15) is 19.8 Å². The summed E-state index contributed by atoms with van der Waals surface area (Å²) < 4.78 is 12.2. The first-order chi connectivity index (χ1) is 19.2. The molecule has 1 fully saturated rings. The number of aromatic hydroxyl groups is 1. The van der Waals surface area contributed by atoms with Gasteiger partial charge in [0.1, 0.15) is 11.5 Å². The summed E-state index contributed by atoms with van der Waals surface area (Å²) in [5.41, 5.74) is 3.50. The van der Waals surface area contributed by atoms with Gasteiger partial charge in [-0.2, -0.15) is 0 Å². The SMILES string of the molecule is CCCOc1cccc(C(O)=C2C(=O)C(=O)N(c3nc4c(C)cc(C)cc4s3)C2c2ccc(O)c(OCC)c2)c1. The fourth-order valence-electron chi connectivity index (χ4n) is 4.89. The second-order valence-electron chi connectivity index (χ2n) is 9.63. The molecule has 1 aliphatic heterocycles. The minimum absolute atomic E-state index is 0.0746. The molecule has 0 radical (unpaired) electrons. The van der Waals surface area contributed by atoms with Crippen molar-refractivity contribution in [1.29, 1.82) is 0 Å². The normalized spacial score (nSPS) is 16.6. The lowest BCUT2D eigenvalue weighted by molar-refractivity contribution is -0.132. The van der Waals surface area contributed by atoms with Gasteiger partial charge >= 0.3 is 5.91 Å². The quantitative estimate of drug-likeness (QED) is 0.146. The van der Waals surface area contributed by atoms with Crippen molar-refractivity contribution in [3.05, 3.63) is 82.4 Å². The first kappa shape index (κ1) is 27.2. The van der Waals surface area contributed by atoms with Crippen molar-refractivity contribution in [2.24, 2.45) is 0 Å². The van der Waals surface area contributed by atoms with Crippen molar-refractivity contribution in [3.8, 4) is 17.2 Å². The smallest absolute Gasteiger partial charge is 0.301 e. The lowest BCUT2D eigenvalue weighted by atomic mass is 9.95. The molecule has 1 amide bonds. The molecule has 0 spiro atoms. The second kappa shape index (κ2) is 11.0. The van der Waals surface area contributed by atoms with E-state index >= 15 is 0 Å². The fraction of sp³-hybridized carbons (Fsp3) is 0.258. The summed E-state index contributed by atoms with van der Waals surface area (Å²) in [5.74, 6) is -1.29. The number of nitrogens with zero attached hydrogens (tertiary/aromatic N) is 2. The van der Waals surface area contributed by atoms with Crippen molar-refractivity contribution < 1.29 is 29.3 Å². The topological polar surface area (TPSA) is 109 Å². The number of hydrogen-bond donors (Lipinski definition) is 2. The summed E-state index contributed by atoms with van der Waals surface area (Å²) in [5, 5.41) is 22.2. The molecule has 2 heterocycles. The number of carbonyl (C=O) groups is 2. The Balaban J connectivity index is 1.72. The van der Waals surface area contributed by atoms with Gasteiger partial charge in [0.2, 0.25) is 0 Å². The highest BCUT2D eigenvalue weighted by Gasteiger charge is 2.48.